The fourth-order valence-corrected chi connectivity index (χ4v) is 5.39. The molecule has 0 spiro atoms. The van der Waals surface area contributed by atoms with E-state index in [-0.39, 0.29) is 0 Å². The van der Waals surface area contributed by atoms with Crippen LogP contribution in [0.25, 0.3) is 10.8 Å². The second-order valence-electron chi connectivity index (χ2n) is 10.3. The van der Waals surface area contributed by atoms with Crippen molar-refractivity contribution < 1.29 is 0 Å². The first-order chi connectivity index (χ1) is 19.7. The van der Waals surface area contributed by atoms with Crippen molar-refractivity contribution in [1.82, 2.24) is 0 Å². The molecule has 0 amide bonds. The van der Waals surface area contributed by atoms with Crippen LogP contribution in [0.5, 0.6) is 0 Å². The number of benzene rings is 6. The minimum absolute atomic E-state index is 0.536. The average molecular weight is 519 g/mol. The van der Waals surface area contributed by atoms with Gasteiger partial charge in [0.05, 0.1) is 5.69 Å². The summed E-state index contributed by atoms with van der Waals surface area (Å²) in [5, 5.41) is 2.46. The van der Waals surface area contributed by atoms with Crippen molar-refractivity contribution in [3.8, 4) is 0 Å². The van der Waals surface area contributed by atoms with E-state index >= 15 is 0 Å². The van der Waals surface area contributed by atoms with E-state index in [1.807, 2.05) is 0 Å². The summed E-state index contributed by atoms with van der Waals surface area (Å²) < 4.78 is 0. The Hall–Kier alpha value is -4.82. The maximum Gasteiger partial charge on any atom is 0.0540 e. The van der Waals surface area contributed by atoms with Gasteiger partial charge in [-0.3, -0.25) is 0 Å². The van der Waals surface area contributed by atoms with Gasteiger partial charge in [-0.25, -0.2) is 0 Å². The van der Waals surface area contributed by atoms with E-state index < -0.39 is 0 Å². The summed E-state index contributed by atoms with van der Waals surface area (Å²) >= 11 is 0. The second-order valence-corrected chi connectivity index (χ2v) is 10.3. The van der Waals surface area contributed by atoms with E-state index in [1.54, 1.807) is 0 Å². The fourth-order valence-electron chi connectivity index (χ4n) is 5.39. The largest absolute Gasteiger partial charge is 0.310 e. The van der Waals surface area contributed by atoms with Crippen LogP contribution in [0.4, 0.5) is 34.1 Å². The highest BCUT2D eigenvalue weighted by atomic mass is 15.2. The summed E-state index contributed by atoms with van der Waals surface area (Å²) in [5.74, 6) is 0.536. The lowest BCUT2D eigenvalue weighted by molar-refractivity contribution is 0.733. The summed E-state index contributed by atoms with van der Waals surface area (Å²) in [5.41, 5.74) is 8.15. The summed E-state index contributed by atoms with van der Waals surface area (Å²) in [6.45, 7) is 4.54. The van der Waals surface area contributed by atoms with Crippen molar-refractivity contribution in [1.29, 1.82) is 0 Å². The highest BCUT2D eigenvalue weighted by Gasteiger charge is 2.18. The lowest BCUT2D eigenvalue weighted by Gasteiger charge is -2.30. The van der Waals surface area contributed by atoms with Crippen molar-refractivity contribution in [2.24, 2.45) is 0 Å². The monoisotopic (exact) mass is 518 g/mol. The van der Waals surface area contributed by atoms with Crippen molar-refractivity contribution >= 4 is 44.9 Å². The molecule has 0 bridgehead atoms. The highest BCUT2D eigenvalue weighted by Crippen LogP contribution is 2.42. The molecular formula is C38H34N2. The molecule has 0 aliphatic carbocycles. The number of nitrogens with zero attached hydrogens (tertiary/aromatic N) is 2. The van der Waals surface area contributed by atoms with Crippen molar-refractivity contribution in [3.63, 3.8) is 0 Å². The van der Waals surface area contributed by atoms with E-state index in [9.17, 15) is 0 Å². The number of para-hydroxylation sites is 2. The molecule has 0 radical (unpaired) electrons. The van der Waals surface area contributed by atoms with Crippen LogP contribution in [0.2, 0.25) is 0 Å². The third-order valence-electron chi connectivity index (χ3n) is 7.72. The summed E-state index contributed by atoms with van der Waals surface area (Å²) in [6, 6.07) is 54.3. The molecule has 6 aromatic rings. The van der Waals surface area contributed by atoms with Gasteiger partial charge in [-0.05, 0) is 84.0 Å². The Morgan fingerprint density at radius 2 is 0.975 bits per heavy atom. The Labute approximate surface area is 237 Å². The van der Waals surface area contributed by atoms with Crippen molar-refractivity contribution in [2.75, 3.05) is 9.80 Å². The van der Waals surface area contributed by atoms with Gasteiger partial charge in [0, 0.05) is 33.8 Å². The van der Waals surface area contributed by atoms with Crippen LogP contribution in [0.1, 0.15) is 31.7 Å². The SMILES string of the molecule is CCC(C)c1ccc(N(c2cccc(N(c3ccccc3)c3ccccc3)c2)c2cccc3ccccc23)cc1. The van der Waals surface area contributed by atoms with Crippen LogP contribution in [-0.2, 0) is 0 Å². The molecule has 0 fully saturated rings. The van der Waals surface area contributed by atoms with Crippen LogP contribution in [-0.4, -0.2) is 0 Å². The Bertz CT molecular complexity index is 1650. The van der Waals surface area contributed by atoms with Crippen LogP contribution < -0.4 is 9.80 Å². The van der Waals surface area contributed by atoms with E-state index in [1.165, 1.54) is 16.3 Å². The van der Waals surface area contributed by atoms with Crippen LogP contribution in [0.15, 0.2) is 152 Å². The van der Waals surface area contributed by atoms with Gasteiger partial charge in [-0.2, -0.15) is 0 Å². The first-order valence-electron chi connectivity index (χ1n) is 14.1. The zero-order valence-corrected chi connectivity index (χ0v) is 23.1. The van der Waals surface area contributed by atoms with Crippen molar-refractivity contribution in [2.45, 2.75) is 26.2 Å². The number of rotatable bonds is 8. The molecule has 6 aromatic carbocycles. The topological polar surface area (TPSA) is 6.48 Å². The predicted molar refractivity (Wildman–Crippen MR) is 172 cm³/mol. The van der Waals surface area contributed by atoms with E-state index in [0.717, 1.165) is 40.5 Å². The Morgan fingerprint density at radius 1 is 0.475 bits per heavy atom. The van der Waals surface area contributed by atoms with Gasteiger partial charge in [-0.1, -0.05) is 105 Å². The van der Waals surface area contributed by atoms with Gasteiger partial charge in [0.2, 0.25) is 0 Å². The molecule has 2 heteroatoms. The molecule has 196 valence electrons. The first kappa shape index (κ1) is 25.5. The molecule has 6 rings (SSSR count). The van der Waals surface area contributed by atoms with Crippen molar-refractivity contribution in [3.05, 3.63) is 157 Å². The Kier molecular flexibility index (Phi) is 7.32. The Morgan fingerprint density at radius 3 is 1.62 bits per heavy atom. The lowest BCUT2D eigenvalue weighted by Crippen LogP contribution is -2.13. The quantitative estimate of drug-likeness (QED) is 0.198. The van der Waals surface area contributed by atoms with Gasteiger partial charge in [0.15, 0.2) is 0 Å². The average Bonchev–Trinajstić information content (AvgIpc) is 3.03. The third-order valence-corrected chi connectivity index (χ3v) is 7.72. The normalized spacial score (nSPS) is 11.8. The van der Waals surface area contributed by atoms with Crippen LogP contribution in [0.3, 0.4) is 0 Å². The molecule has 0 aromatic heterocycles. The lowest BCUT2D eigenvalue weighted by atomic mass is 9.98. The summed E-state index contributed by atoms with van der Waals surface area (Å²) in [6.07, 6.45) is 1.13. The molecule has 0 saturated carbocycles. The number of hydrogen-bond donors (Lipinski definition) is 0. The van der Waals surface area contributed by atoms with E-state index in [2.05, 4.69) is 175 Å². The molecule has 0 N–H and O–H groups in total. The molecule has 1 atom stereocenters. The number of hydrogen-bond acceptors (Lipinski definition) is 2. The Balaban J connectivity index is 1.53. The second kappa shape index (κ2) is 11.5. The molecule has 0 heterocycles. The maximum absolute atomic E-state index is 2.39. The van der Waals surface area contributed by atoms with Gasteiger partial charge in [0.25, 0.3) is 0 Å². The van der Waals surface area contributed by atoms with Gasteiger partial charge >= 0.3 is 0 Å². The predicted octanol–water partition coefficient (Wildman–Crippen LogP) is 11.3. The molecular weight excluding hydrogens is 484 g/mol. The fraction of sp³-hybridized carbons (Fsp3) is 0.105. The zero-order valence-electron chi connectivity index (χ0n) is 23.1. The minimum Gasteiger partial charge on any atom is -0.310 e. The van der Waals surface area contributed by atoms with Gasteiger partial charge in [-0.15, -0.1) is 0 Å². The maximum atomic E-state index is 2.39. The molecule has 0 aliphatic heterocycles. The van der Waals surface area contributed by atoms with Crippen LogP contribution in [0, 0.1) is 0 Å². The smallest absolute Gasteiger partial charge is 0.0540 e. The summed E-state index contributed by atoms with van der Waals surface area (Å²) in [4.78, 5) is 4.71. The molecule has 1 unspecified atom stereocenters. The van der Waals surface area contributed by atoms with Gasteiger partial charge in [0.1, 0.15) is 0 Å². The zero-order chi connectivity index (χ0) is 27.3. The number of fused-ring (bicyclic) bond motifs is 1. The molecule has 0 saturated heterocycles. The molecule has 2 nitrogen and oxygen atoms in total. The van der Waals surface area contributed by atoms with Crippen LogP contribution >= 0.6 is 0 Å². The first-order valence-corrected chi connectivity index (χ1v) is 14.1. The highest BCUT2D eigenvalue weighted by molar-refractivity contribution is 5.99. The third kappa shape index (κ3) is 5.09. The minimum atomic E-state index is 0.536. The molecule has 0 aliphatic rings. The van der Waals surface area contributed by atoms with E-state index in [0.29, 0.717) is 5.92 Å². The number of anilines is 6. The van der Waals surface area contributed by atoms with Gasteiger partial charge < -0.3 is 9.80 Å². The van der Waals surface area contributed by atoms with E-state index in [4.69, 9.17) is 0 Å². The summed E-state index contributed by atoms with van der Waals surface area (Å²) in [7, 11) is 0. The standard InChI is InChI=1S/C38H34N2/c1-3-29(2)30-24-26-34(27-25-30)40(38-23-12-15-31-14-10-11-22-37(31)38)36-21-13-20-35(28-36)39(32-16-6-4-7-17-32)33-18-8-5-9-19-33/h4-29H,3H2,1-2H3. The molecule has 40 heavy (non-hydrogen) atoms.